The summed E-state index contributed by atoms with van der Waals surface area (Å²) >= 11 is 0. The summed E-state index contributed by atoms with van der Waals surface area (Å²) in [7, 11) is 0. The molecule has 1 saturated carbocycles. The first-order valence-electron chi connectivity index (χ1n) is 8.13. The van der Waals surface area contributed by atoms with Crippen molar-refractivity contribution >= 4 is 11.5 Å². The Morgan fingerprint density at radius 3 is 2.33 bits per heavy atom. The molecule has 1 aliphatic carbocycles. The molecular weight excluding hydrogens is 260 g/mol. The van der Waals surface area contributed by atoms with E-state index in [1.807, 2.05) is 0 Å². The minimum absolute atomic E-state index is 0.0868. The van der Waals surface area contributed by atoms with Crippen molar-refractivity contribution in [2.24, 2.45) is 11.3 Å². The Morgan fingerprint density at radius 2 is 1.76 bits per heavy atom. The van der Waals surface area contributed by atoms with Crippen molar-refractivity contribution in [3.8, 4) is 0 Å². The van der Waals surface area contributed by atoms with Gasteiger partial charge in [-0.3, -0.25) is 9.69 Å². The second-order valence-electron chi connectivity index (χ2n) is 7.11. The first kappa shape index (κ1) is 14.6. The summed E-state index contributed by atoms with van der Waals surface area (Å²) in [5.41, 5.74) is 1.23. The molecule has 1 aromatic rings. The number of Topliss-reactive ketones (excluding diaryl/α,β-unsaturated/α-hetero) is 1. The van der Waals surface area contributed by atoms with Gasteiger partial charge in [0.1, 0.15) is 5.78 Å². The van der Waals surface area contributed by atoms with Crippen LogP contribution in [0, 0.1) is 11.3 Å². The van der Waals surface area contributed by atoms with Crippen LogP contribution in [0.15, 0.2) is 30.3 Å². The first-order valence-corrected chi connectivity index (χ1v) is 8.13. The molecule has 3 heteroatoms. The number of nitrogens with zero attached hydrogens (tertiary/aromatic N) is 2. The van der Waals surface area contributed by atoms with E-state index in [0.717, 1.165) is 45.6 Å². The summed E-state index contributed by atoms with van der Waals surface area (Å²) in [5.74, 6) is 0.747. The summed E-state index contributed by atoms with van der Waals surface area (Å²) < 4.78 is 0. The molecule has 1 aromatic carbocycles. The van der Waals surface area contributed by atoms with Crippen LogP contribution in [-0.2, 0) is 4.79 Å². The van der Waals surface area contributed by atoms with Gasteiger partial charge in [-0.05, 0) is 25.0 Å². The quantitative estimate of drug-likeness (QED) is 0.853. The van der Waals surface area contributed by atoms with E-state index >= 15 is 0 Å². The number of hydrogen-bond acceptors (Lipinski definition) is 3. The van der Waals surface area contributed by atoms with E-state index in [2.05, 4.69) is 54.0 Å². The molecule has 0 bridgehead atoms. The maximum absolute atomic E-state index is 12.3. The Kier molecular flexibility index (Phi) is 4.03. The summed E-state index contributed by atoms with van der Waals surface area (Å²) in [6.07, 6.45) is 2.13. The van der Waals surface area contributed by atoms with Gasteiger partial charge in [-0.25, -0.2) is 0 Å². The highest BCUT2D eigenvalue weighted by atomic mass is 16.1. The van der Waals surface area contributed by atoms with Crippen molar-refractivity contribution in [3.05, 3.63) is 30.3 Å². The number of anilines is 1. The van der Waals surface area contributed by atoms with Crippen molar-refractivity contribution in [2.75, 3.05) is 37.6 Å². The lowest BCUT2D eigenvalue weighted by atomic mass is 9.89. The predicted octanol–water partition coefficient (Wildman–Crippen LogP) is 2.81. The van der Waals surface area contributed by atoms with E-state index < -0.39 is 0 Å². The number of rotatable bonds is 3. The van der Waals surface area contributed by atoms with Crippen LogP contribution in [0.5, 0.6) is 0 Å². The fraction of sp³-hybridized carbons (Fsp3) is 0.611. The van der Waals surface area contributed by atoms with Crippen LogP contribution < -0.4 is 4.90 Å². The zero-order valence-electron chi connectivity index (χ0n) is 13.2. The maximum Gasteiger partial charge on any atom is 0.142 e. The topological polar surface area (TPSA) is 23.6 Å². The second-order valence-corrected chi connectivity index (χ2v) is 7.11. The van der Waals surface area contributed by atoms with E-state index in [-0.39, 0.29) is 11.3 Å². The van der Waals surface area contributed by atoms with Crippen molar-refractivity contribution in [2.45, 2.75) is 26.7 Å². The van der Waals surface area contributed by atoms with E-state index in [0.29, 0.717) is 5.78 Å². The van der Waals surface area contributed by atoms with E-state index in [1.54, 1.807) is 0 Å². The third kappa shape index (κ3) is 3.13. The molecule has 1 atom stereocenters. The van der Waals surface area contributed by atoms with E-state index in [4.69, 9.17) is 0 Å². The van der Waals surface area contributed by atoms with Gasteiger partial charge in [-0.15, -0.1) is 0 Å². The number of para-hydroxylation sites is 1. The third-order valence-electron chi connectivity index (χ3n) is 5.13. The van der Waals surface area contributed by atoms with Gasteiger partial charge in [-0.2, -0.15) is 0 Å². The number of hydrogen-bond donors (Lipinski definition) is 0. The Labute approximate surface area is 127 Å². The maximum atomic E-state index is 12.3. The summed E-state index contributed by atoms with van der Waals surface area (Å²) in [6, 6.07) is 10.6. The monoisotopic (exact) mass is 286 g/mol. The SMILES string of the molecule is CC1(C)CCC(CN2CCN(c3ccccc3)CC2)C1=O. The first-order chi connectivity index (χ1) is 10.1. The molecule has 3 rings (SSSR count). The number of ketones is 1. The highest BCUT2D eigenvalue weighted by Crippen LogP contribution is 2.37. The fourth-order valence-corrected chi connectivity index (χ4v) is 3.66. The van der Waals surface area contributed by atoms with E-state index in [1.165, 1.54) is 5.69 Å². The van der Waals surface area contributed by atoms with Crippen LogP contribution in [-0.4, -0.2) is 43.4 Å². The van der Waals surface area contributed by atoms with Crippen molar-refractivity contribution in [1.29, 1.82) is 0 Å². The Morgan fingerprint density at radius 1 is 1.10 bits per heavy atom. The minimum atomic E-state index is -0.0868. The molecule has 0 radical (unpaired) electrons. The lowest BCUT2D eigenvalue weighted by Gasteiger charge is -2.37. The van der Waals surface area contributed by atoms with Crippen molar-refractivity contribution < 1.29 is 4.79 Å². The molecule has 2 aliphatic rings. The van der Waals surface area contributed by atoms with Gasteiger partial charge in [0.2, 0.25) is 0 Å². The molecule has 1 heterocycles. The zero-order chi connectivity index (χ0) is 14.9. The van der Waals surface area contributed by atoms with Crippen LogP contribution >= 0.6 is 0 Å². The summed E-state index contributed by atoms with van der Waals surface area (Å²) in [5, 5.41) is 0. The van der Waals surface area contributed by atoms with Crippen LogP contribution in [0.1, 0.15) is 26.7 Å². The normalized spacial score (nSPS) is 26.3. The standard InChI is InChI=1S/C18H26N2O/c1-18(2)9-8-15(17(18)21)14-19-10-12-20(13-11-19)16-6-4-3-5-7-16/h3-7,15H,8-14H2,1-2H3. The van der Waals surface area contributed by atoms with Crippen LogP contribution in [0.25, 0.3) is 0 Å². The Hall–Kier alpha value is -1.35. The second kappa shape index (κ2) is 5.80. The summed E-state index contributed by atoms with van der Waals surface area (Å²) in [4.78, 5) is 17.3. The molecule has 3 nitrogen and oxygen atoms in total. The third-order valence-corrected chi connectivity index (χ3v) is 5.13. The predicted molar refractivity (Wildman–Crippen MR) is 86.6 cm³/mol. The summed E-state index contributed by atoms with van der Waals surface area (Å²) in [6.45, 7) is 9.43. The van der Waals surface area contributed by atoms with Gasteiger partial charge in [0.05, 0.1) is 0 Å². The van der Waals surface area contributed by atoms with Crippen LogP contribution in [0.2, 0.25) is 0 Å². The van der Waals surface area contributed by atoms with Gasteiger partial charge in [-0.1, -0.05) is 32.0 Å². The molecule has 0 spiro atoms. The molecule has 0 aromatic heterocycles. The molecule has 114 valence electrons. The van der Waals surface area contributed by atoms with Crippen LogP contribution in [0.4, 0.5) is 5.69 Å². The molecule has 1 unspecified atom stereocenters. The highest BCUT2D eigenvalue weighted by Gasteiger charge is 2.40. The number of benzene rings is 1. The minimum Gasteiger partial charge on any atom is -0.369 e. The molecule has 1 aliphatic heterocycles. The number of carbonyl (C=O) groups is 1. The molecule has 0 N–H and O–H groups in total. The average Bonchev–Trinajstić information content (AvgIpc) is 2.76. The van der Waals surface area contributed by atoms with Crippen LogP contribution in [0.3, 0.4) is 0 Å². The molecule has 2 fully saturated rings. The fourth-order valence-electron chi connectivity index (χ4n) is 3.66. The zero-order valence-corrected chi connectivity index (χ0v) is 13.2. The Balaban J connectivity index is 1.52. The van der Waals surface area contributed by atoms with Crippen molar-refractivity contribution in [3.63, 3.8) is 0 Å². The largest absolute Gasteiger partial charge is 0.369 e. The van der Waals surface area contributed by atoms with E-state index in [9.17, 15) is 4.79 Å². The van der Waals surface area contributed by atoms with Crippen molar-refractivity contribution in [1.82, 2.24) is 4.90 Å². The lowest BCUT2D eigenvalue weighted by molar-refractivity contribution is -0.128. The highest BCUT2D eigenvalue weighted by molar-refractivity contribution is 5.88. The average molecular weight is 286 g/mol. The number of carbonyl (C=O) groups excluding carboxylic acids is 1. The van der Waals surface area contributed by atoms with Gasteiger partial charge in [0.15, 0.2) is 0 Å². The number of piperazine rings is 1. The lowest BCUT2D eigenvalue weighted by Crippen LogP contribution is -2.48. The van der Waals surface area contributed by atoms with Gasteiger partial charge < -0.3 is 4.90 Å². The van der Waals surface area contributed by atoms with Gasteiger partial charge in [0, 0.05) is 49.7 Å². The molecule has 21 heavy (non-hydrogen) atoms. The van der Waals surface area contributed by atoms with Gasteiger partial charge >= 0.3 is 0 Å². The molecule has 0 amide bonds. The molecular formula is C18H26N2O. The van der Waals surface area contributed by atoms with Gasteiger partial charge in [0.25, 0.3) is 0 Å². The Bertz CT molecular complexity index is 489. The molecule has 1 saturated heterocycles. The smallest absolute Gasteiger partial charge is 0.142 e.